The van der Waals surface area contributed by atoms with Crippen molar-refractivity contribution >= 4 is 27.8 Å². The van der Waals surface area contributed by atoms with E-state index in [0.717, 1.165) is 0 Å². The highest BCUT2D eigenvalue weighted by Crippen LogP contribution is 2.22. The van der Waals surface area contributed by atoms with Gasteiger partial charge in [-0.2, -0.15) is 0 Å². The van der Waals surface area contributed by atoms with Crippen molar-refractivity contribution in [3.8, 4) is 5.75 Å². The Morgan fingerprint density at radius 2 is 2.13 bits per heavy atom. The largest absolute Gasteiger partial charge is 0.507 e. The average Bonchev–Trinajstić information content (AvgIpc) is 2.18. The maximum atomic E-state index is 11.3. The summed E-state index contributed by atoms with van der Waals surface area (Å²) in [5, 5.41) is 9.33. The molecule has 0 bridgehead atoms. The number of aromatic hydroxyl groups is 1. The van der Waals surface area contributed by atoms with Crippen LogP contribution >= 0.6 is 15.9 Å². The Hall–Kier alpha value is -1.56. The number of phenols is 1. The Kier molecular flexibility index (Phi) is 3.68. The van der Waals surface area contributed by atoms with Gasteiger partial charge in [0.25, 0.3) is 5.91 Å². The minimum Gasteiger partial charge on any atom is -0.507 e. The van der Waals surface area contributed by atoms with E-state index in [2.05, 4.69) is 20.7 Å². The first-order chi connectivity index (χ1) is 7.00. The zero-order valence-corrected chi connectivity index (χ0v) is 9.15. The van der Waals surface area contributed by atoms with Crippen molar-refractivity contribution in [3.05, 3.63) is 28.2 Å². The summed E-state index contributed by atoms with van der Waals surface area (Å²) in [5.41, 5.74) is 4.78. The van der Waals surface area contributed by atoms with Gasteiger partial charge < -0.3 is 15.6 Å². The Morgan fingerprint density at radius 1 is 1.47 bits per heavy atom. The van der Waals surface area contributed by atoms with Crippen LogP contribution in [0.2, 0.25) is 0 Å². The molecule has 80 valence electrons. The van der Waals surface area contributed by atoms with Crippen LogP contribution in [0.25, 0.3) is 0 Å². The average molecular weight is 274 g/mol. The SMILES string of the molecule is NC(=O)COC(=O)c1cc(Br)ccc1O. The molecule has 1 aromatic carbocycles. The lowest BCUT2D eigenvalue weighted by molar-refractivity contribution is -0.121. The molecule has 6 heteroatoms. The minimum atomic E-state index is -0.799. The van der Waals surface area contributed by atoms with E-state index in [4.69, 9.17) is 5.73 Å². The molecule has 0 saturated heterocycles. The Bertz CT molecular complexity index is 405. The maximum Gasteiger partial charge on any atom is 0.342 e. The van der Waals surface area contributed by atoms with Crippen molar-refractivity contribution in [1.82, 2.24) is 0 Å². The molecule has 0 spiro atoms. The molecule has 0 saturated carbocycles. The first kappa shape index (κ1) is 11.5. The van der Waals surface area contributed by atoms with Crippen LogP contribution in [0, 0.1) is 0 Å². The molecule has 0 aliphatic rings. The van der Waals surface area contributed by atoms with Gasteiger partial charge in [-0.3, -0.25) is 4.79 Å². The minimum absolute atomic E-state index is 0.0226. The monoisotopic (exact) mass is 273 g/mol. The number of rotatable bonds is 3. The second-order valence-electron chi connectivity index (χ2n) is 2.70. The van der Waals surface area contributed by atoms with Gasteiger partial charge in [0, 0.05) is 4.47 Å². The number of benzene rings is 1. The Labute approximate surface area is 94.0 Å². The highest BCUT2D eigenvalue weighted by molar-refractivity contribution is 9.10. The number of carbonyl (C=O) groups excluding carboxylic acids is 2. The fourth-order valence-corrected chi connectivity index (χ4v) is 1.25. The zero-order valence-electron chi connectivity index (χ0n) is 7.57. The third kappa shape index (κ3) is 3.25. The summed E-state index contributed by atoms with van der Waals surface area (Å²) >= 11 is 3.13. The maximum absolute atomic E-state index is 11.3. The molecule has 3 N–H and O–H groups in total. The topological polar surface area (TPSA) is 89.6 Å². The second-order valence-corrected chi connectivity index (χ2v) is 3.62. The van der Waals surface area contributed by atoms with E-state index in [1.165, 1.54) is 12.1 Å². The number of phenolic OH excluding ortho intramolecular Hbond substituents is 1. The fraction of sp³-hybridized carbons (Fsp3) is 0.111. The number of nitrogens with two attached hydrogens (primary N) is 1. The quantitative estimate of drug-likeness (QED) is 0.797. The smallest absolute Gasteiger partial charge is 0.342 e. The normalized spacial score (nSPS) is 9.67. The van der Waals surface area contributed by atoms with Gasteiger partial charge in [-0.25, -0.2) is 4.79 Å². The second kappa shape index (κ2) is 4.79. The molecular weight excluding hydrogens is 266 g/mol. The van der Waals surface area contributed by atoms with Crippen molar-refractivity contribution in [2.45, 2.75) is 0 Å². The van der Waals surface area contributed by atoms with Crippen LogP contribution in [-0.4, -0.2) is 23.6 Å². The standard InChI is InChI=1S/C9H8BrNO4/c10-5-1-2-7(12)6(3-5)9(14)15-4-8(11)13/h1-3,12H,4H2,(H2,11,13). The molecule has 5 nitrogen and oxygen atoms in total. The third-order valence-corrected chi connectivity index (χ3v) is 2.02. The number of amides is 1. The van der Waals surface area contributed by atoms with Crippen LogP contribution in [0.5, 0.6) is 5.75 Å². The molecule has 1 amide bonds. The predicted molar refractivity (Wildman–Crippen MR) is 55.3 cm³/mol. The number of carbonyl (C=O) groups is 2. The van der Waals surface area contributed by atoms with E-state index in [9.17, 15) is 14.7 Å². The molecule has 0 aliphatic carbocycles. The molecule has 0 atom stereocenters. The molecule has 0 heterocycles. The van der Waals surface area contributed by atoms with E-state index < -0.39 is 18.5 Å². The number of hydrogen-bond acceptors (Lipinski definition) is 4. The summed E-state index contributed by atoms with van der Waals surface area (Å²) in [6, 6.07) is 4.30. The lowest BCUT2D eigenvalue weighted by Gasteiger charge is -2.04. The van der Waals surface area contributed by atoms with Gasteiger partial charge >= 0.3 is 5.97 Å². The number of esters is 1. The molecule has 0 unspecified atom stereocenters. The van der Waals surface area contributed by atoms with Gasteiger partial charge in [0.1, 0.15) is 11.3 Å². The first-order valence-electron chi connectivity index (χ1n) is 3.94. The lowest BCUT2D eigenvalue weighted by Crippen LogP contribution is -2.20. The summed E-state index contributed by atoms with van der Waals surface area (Å²) in [4.78, 5) is 21.7. The number of ether oxygens (including phenoxy) is 1. The van der Waals surface area contributed by atoms with Crippen LogP contribution < -0.4 is 5.73 Å². The van der Waals surface area contributed by atoms with Gasteiger partial charge in [0.15, 0.2) is 6.61 Å². The Balaban J connectivity index is 2.81. The van der Waals surface area contributed by atoms with Crippen LogP contribution in [0.1, 0.15) is 10.4 Å². The van der Waals surface area contributed by atoms with Gasteiger partial charge in [0.2, 0.25) is 0 Å². The van der Waals surface area contributed by atoms with Crippen molar-refractivity contribution in [3.63, 3.8) is 0 Å². The summed E-state index contributed by atoms with van der Waals surface area (Å²) in [6.07, 6.45) is 0. The van der Waals surface area contributed by atoms with Gasteiger partial charge in [-0.05, 0) is 18.2 Å². The highest BCUT2D eigenvalue weighted by Gasteiger charge is 2.13. The van der Waals surface area contributed by atoms with Gasteiger partial charge in [-0.1, -0.05) is 15.9 Å². The summed E-state index contributed by atoms with van der Waals surface area (Å²) in [6.45, 7) is -0.509. The van der Waals surface area contributed by atoms with Crippen molar-refractivity contribution < 1.29 is 19.4 Å². The molecule has 0 aliphatic heterocycles. The Morgan fingerprint density at radius 3 is 2.73 bits per heavy atom. The first-order valence-corrected chi connectivity index (χ1v) is 4.74. The van der Waals surface area contributed by atoms with E-state index >= 15 is 0 Å². The molecule has 15 heavy (non-hydrogen) atoms. The molecule has 1 rings (SSSR count). The fourth-order valence-electron chi connectivity index (χ4n) is 0.886. The van der Waals surface area contributed by atoms with Crippen LogP contribution in [0.3, 0.4) is 0 Å². The summed E-state index contributed by atoms with van der Waals surface area (Å²) < 4.78 is 5.15. The van der Waals surface area contributed by atoms with E-state index in [1.807, 2.05) is 0 Å². The molecule has 0 radical (unpaired) electrons. The number of hydrogen-bond donors (Lipinski definition) is 2. The van der Waals surface area contributed by atoms with Crippen LogP contribution in [-0.2, 0) is 9.53 Å². The predicted octanol–water partition coefficient (Wildman–Crippen LogP) is 0.797. The van der Waals surface area contributed by atoms with Crippen LogP contribution in [0.4, 0.5) is 0 Å². The third-order valence-electron chi connectivity index (χ3n) is 1.52. The summed E-state index contributed by atoms with van der Waals surface area (Å²) in [7, 11) is 0. The van der Waals surface area contributed by atoms with E-state index in [0.29, 0.717) is 4.47 Å². The highest BCUT2D eigenvalue weighted by atomic mass is 79.9. The van der Waals surface area contributed by atoms with Crippen molar-refractivity contribution in [2.75, 3.05) is 6.61 Å². The van der Waals surface area contributed by atoms with E-state index in [1.54, 1.807) is 6.07 Å². The van der Waals surface area contributed by atoms with E-state index in [-0.39, 0.29) is 11.3 Å². The van der Waals surface area contributed by atoms with Gasteiger partial charge in [-0.15, -0.1) is 0 Å². The molecule has 0 aromatic heterocycles. The molecular formula is C9H8BrNO4. The van der Waals surface area contributed by atoms with Crippen molar-refractivity contribution in [2.24, 2.45) is 5.73 Å². The molecule has 1 aromatic rings. The molecule has 0 fully saturated rings. The van der Waals surface area contributed by atoms with Crippen LogP contribution in [0.15, 0.2) is 22.7 Å². The van der Waals surface area contributed by atoms with Crippen molar-refractivity contribution in [1.29, 1.82) is 0 Å². The van der Waals surface area contributed by atoms with Gasteiger partial charge in [0.05, 0.1) is 0 Å². The summed E-state index contributed by atoms with van der Waals surface area (Å²) in [5.74, 6) is -1.77. The zero-order chi connectivity index (χ0) is 11.4. The number of halogens is 1. The number of primary amides is 1. The lowest BCUT2D eigenvalue weighted by atomic mass is 10.2.